The first-order valence-corrected chi connectivity index (χ1v) is 7.09. The lowest BCUT2D eigenvalue weighted by atomic mass is 9.90. The fraction of sp³-hybridized carbons (Fsp3) is 0.500. The number of hydrogen-bond acceptors (Lipinski definition) is 2. The van der Waals surface area contributed by atoms with Gasteiger partial charge in [0.2, 0.25) is 0 Å². The van der Waals surface area contributed by atoms with Crippen molar-refractivity contribution in [2.75, 3.05) is 13.1 Å². The van der Waals surface area contributed by atoms with Crippen LogP contribution in [0.25, 0.3) is 0 Å². The highest BCUT2D eigenvalue weighted by Gasteiger charge is 2.29. The molecule has 0 aliphatic carbocycles. The molecule has 1 aliphatic rings. The maximum atomic E-state index is 11.1. The molecule has 0 amide bonds. The highest BCUT2D eigenvalue weighted by molar-refractivity contribution is 6.34. The van der Waals surface area contributed by atoms with Crippen molar-refractivity contribution in [2.24, 2.45) is 11.8 Å². The molecule has 0 saturated carbocycles. The van der Waals surface area contributed by atoms with Crippen LogP contribution in [0.1, 0.15) is 18.9 Å². The molecule has 1 fully saturated rings. The Morgan fingerprint density at radius 3 is 2.53 bits per heavy atom. The Morgan fingerprint density at radius 1 is 1.32 bits per heavy atom. The molecule has 1 aliphatic heterocycles. The topological polar surface area (TPSA) is 40.5 Å². The Bertz CT molecular complexity index is 458. The third-order valence-corrected chi connectivity index (χ3v) is 3.85. The van der Waals surface area contributed by atoms with Crippen molar-refractivity contribution in [2.45, 2.75) is 19.9 Å². The summed E-state index contributed by atoms with van der Waals surface area (Å²) in [6.45, 7) is 4.28. The maximum absolute atomic E-state index is 11.1. The van der Waals surface area contributed by atoms with Gasteiger partial charge in [0.25, 0.3) is 0 Å². The van der Waals surface area contributed by atoms with Gasteiger partial charge < -0.3 is 5.11 Å². The summed E-state index contributed by atoms with van der Waals surface area (Å²) in [6, 6.07) is 5.45. The van der Waals surface area contributed by atoms with Crippen LogP contribution in [0.3, 0.4) is 0 Å². The Balaban J connectivity index is 2.07. The third kappa shape index (κ3) is 4.10. The number of carboxylic acids is 1. The molecule has 3 nitrogen and oxygen atoms in total. The summed E-state index contributed by atoms with van der Waals surface area (Å²) in [5, 5.41) is 10.4. The summed E-state index contributed by atoms with van der Waals surface area (Å²) in [4.78, 5) is 13.3. The van der Waals surface area contributed by atoms with Crippen LogP contribution < -0.4 is 0 Å². The van der Waals surface area contributed by atoms with Gasteiger partial charge >= 0.3 is 5.97 Å². The van der Waals surface area contributed by atoms with E-state index in [4.69, 9.17) is 28.3 Å². The van der Waals surface area contributed by atoms with Gasteiger partial charge in [-0.2, -0.15) is 0 Å². The normalized spacial score (nSPS) is 24.4. The Kier molecular flexibility index (Phi) is 4.71. The Hall–Kier alpha value is -0.770. The van der Waals surface area contributed by atoms with Gasteiger partial charge in [0.15, 0.2) is 0 Å². The largest absolute Gasteiger partial charge is 0.481 e. The number of carbonyl (C=O) groups is 1. The third-order valence-electron chi connectivity index (χ3n) is 3.41. The molecule has 1 saturated heterocycles. The molecule has 5 heteroatoms. The lowest BCUT2D eigenvalue weighted by Crippen LogP contribution is -2.41. The van der Waals surface area contributed by atoms with E-state index in [2.05, 4.69) is 11.8 Å². The smallest absolute Gasteiger partial charge is 0.307 e. The monoisotopic (exact) mass is 301 g/mol. The predicted octanol–water partition coefficient (Wildman–Crippen LogP) is 3.54. The first-order valence-electron chi connectivity index (χ1n) is 6.34. The number of nitrogens with zero attached hydrogens (tertiary/aromatic N) is 1. The molecular formula is C14H17Cl2NO2. The maximum Gasteiger partial charge on any atom is 0.307 e. The number of carboxylic acid groups (broad SMARTS) is 1. The molecule has 0 radical (unpaired) electrons. The van der Waals surface area contributed by atoms with Crippen molar-refractivity contribution in [1.82, 2.24) is 4.90 Å². The van der Waals surface area contributed by atoms with Crippen molar-refractivity contribution in [3.8, 4) is 0 Å². The number of benzene rings is 1. The number of piperidine rings is 1. The van der Waals surface area contributed by atoms with Crippen LogP contribution in [0.2, 0.25) is 10.0 Å². The number of halogens is 2. The first kappa shape index (κ1) is 14.6. The Morgan fingerprint density at radius 2 is 1.95 bits per heavy atom. The molecule has 1 N–H and O–H groups in total. The van der Waals surface area contributed by atoms with Crippen LogP contribution in [0.5, 0.6) is 0 Å². The second kappa shape index (κ2) is 6.12. The van der Waals surface area contributed by atoms with E-state index in [0.717, 1.165) is 18.5 Å². The molecule has 2 atom stereocenters. The van der Waals surface area contributed by atoms with Crippen LogP contribution in [0.15, 0.2) is 18.2 Å². The minimum absolute atomic E-state index is 0.279. The fourth-order valence-corrected chi connectivity index (χ4v) is 3.30. The van der Waals surface area contributed by atoms with Gasteiger partial charge in [-0.3, -0.25) is 9.69 Å². The average molecular weight is 302 g/mol. The van der Waals surface area contributed by atoms with Gasteiger partial charge in [0.05, 0.1) is 5.92 Å². The molecule has 0 aromatic heterocycles. The molecule has 0 bridgehead atoms. The zero-order valence-corrected chi connectivity index (χ0v) is 12.3. The van der Waals surface area contributed by atoms with E-state index in [1.165, 1.54) is 0 Å². The zero-order valence-electron chi connectivity index (χ0n) is 10.8. The van der Waals surface area contributed by atoms with E-state index in [0.29, 0.717) is 29.1 Å². The number of likely N-dealkylation sites (tertiary alicyclic amines) is 1. The van der Waals surface area contributed by atoms with Gasteiger partial charge in [-0.15, -0.1) is 0 Å². The van der Waals surface area contributed by atoms with Gasteiger partial charge in [-0.25, -0.2) is 0 Å². The summed E-state index contributed by atoms with van der Waals surface area (Å²) in [7, 11) is 0. The minimum Gasteiger partial charge on any atom is -0.481 e. The van der Waals surface area contributed by atoms with Crippen LogP contribution in [0, 0.1) is 11.8 Å². The van der Waals surface area contributed by atoms with E-state index in [9.17, 15) is 4.79 Å². The molecule has 0 spiro atoms. The summed E-state index contributed by atoms with van der Waals surface area (Å²) in [5.41, 5.74) is 1.02. The van der Waals surface area contributed by atoms with Gasteiger partial charge in [-0.1, -0.05) is 30.1 Å². The Labute approximate surface area is 123 Å². The first-order chi connectivity index (χ1) is 8.94. The van der Waals surface area contributed by atoms with Gasteiger partial charge in [-0.05, 0) is 36.1 Å². The molecule has 19 heavy (non-hydrogen) atoms. The van der Waals surface area contributed by atoms with Crippen LogP contribution in [-0.2, 0) is 11.3 Å². The molecule has 1 aromatic carbocycles. The molecule has 2 rings (SSSR count). The molecule has 1 aromatic rings. The summed E-state index contributed by atoms with van der Waals surface area (Å²) in [5.74, 6) is -0.594. The number of hydrogen-bond donors (Lipinski definition) is 1. The molecular weight excluding hydrogens is 285 g/mol. The van der Waals surface area contributed by atoms with E-state index < -0.39 is 5.97 Å². The van der Waals surface area contributed by atoms with Crippen LogP contribution in [-0.4, -0.2) is 29.1 Å². The molecule has 1 heterocycles. The number of rotatable bonds is 3. The van der Waals surface area contributed by atoms with Crippen molar-refractivity contribution >= 4 is 29.2 Å². The van der Waals surface area contributed by atoms with E-state index in [1.54, 1.807) is 6.07 Å². The SMILES string of the molecule is CC1CC(C(=O)O)CN(Cc2cc(Cl)cc(Cl)c2)C1. The highest BCUT2D eigenvalue weighted by atomic mass is 35.5. The summed E-state index contributed by atoms with van der Waals surface area (Å²) >= 11 is 12.0. The van der Waals surface area contributed by atoms with E-state index in [-0.39, 0.29) is 5.92 Å². The van der Waals surface area contributed by atoms with Crippen LogP contribution >= 0.6 is 23.2 Å². The zero-order chi connectivity index (χ0) is 14.0. The van der Waals surface area contributed by atoms with Gasteiger partial charge in [0, 0.05) is 29.7 Å². The quantitative estimate of drug-likeness (QED) is 0.928. The number of aliphatic carboxylic acids is 1. The van der Waals surface area contributed by atoms with Crippen molar-refractivity contribution in [1.29, 1.82) is 0 Å². The van der Waals surface area contributed by atoms with Crippen molar-refractivity contribution < 1.29 is 9.90 Å². The summed E-state index contributed by atoms with van der Waals surface area (Å²) < 4.78 is 0. The van der Waals surface area contributed by atoms with E-state index in [1.807, 2.05) is 12.1 Å². The highest BCUT2D eigenvalue weighted by Crippen LogP contribution is 2.25. The summed E-state index contributed by atoms with van der Waals surface area (Å²) in [6.07, 6.45) is 0.752. The van der Waals surface area contributed by atoms with Crippen molar-refractivity contribution in [3.63, 3.8) is 0 Å². The molecule has 2 unspecified atom stereocenters. The minimum atomic E-state index is -0.708. The lowest BCUT2D eigenvalue weighted by molar-refractivity contribution is -0.144. The average Bonchev–Trinajstić information content (AvgIpc) is 2.26. The predicted molar refractivity (Wildman–Crippen MR) is 76.6 cm³/mol. The fourth-order valence-electron chi connectivity index (χ4n) is 2.73. The second-order valence-electron chi connectivity index (χ2n) is 5.35. The van der Waals surface area contributed by atoms with E-state index >= 15 is 0 Å². The van der Waals surface area contributed by atoms with Crippen LogP contribution in [0.4, 0.5) is 0 Å². The van der Waals surface area contributed by atoms with Crippen molar-refractivity contribution in [3.05, 3.63) is 33.8 Å². The standard InChI is InChI=1S/C14H17Cl2NO2/c1-9-2-11(14(18)19)8-17(6-9)7-10-3-12(15)5-13(16)4-10/h3-5,9,11H,2,6-8H2,1H3,(H,18,19). The van der Waals surface area contributed by atoms with Gasteiger partial charge in [0.1, 0.15) is 0 Å². The lowest BCUT2D eigenvalue weighted by Gasteiger charge is -2.34. The molecule has 104 valence electrons. The second-order valence-corrected chi connectivity index (χ2v) is 6.22.